The van der Waals surface area contributed by atoms with E-state index in [1.165, 1.54) is 0 Å². The molecule has 0 N–H and O–H groups in total. The molecule has 13 heavy (non-hydrogen) atoms. The van der Waals surface area contributed by atoms with Crippen LogP contribution in [-0.2, 0) is 18.1 Å². The molecule has 72 valence electrons. The van der Waals surface area contributed by atoms with Gasteiger partial charge in [-0.05, 0) is 0 Å². The number of fused-ring (bicyclic) bond motifs is 2. The highest BCUT2D eigenvalue weighted by Crippen LogP contribution is 2.56. The zero-order valence-electron chi connectivity index (χ0n) is 7.09. The summed E-state index contributed by atoms with van der Waals surface area (Å²) in [5.74, 6) is 0. The summed E-state index contributed by atoms with van der Waals surface area (Å²) in [6.45, 7) is 3.87. The lowest BCUT2D eigenvalue weighted by Crippen LogP contribution is -2.25. The quantitative estimate of drug-likeness (QED) is 0.482. The summed E-state index contributed by atoms with van der Waals surface area (Å²) in [7, 11) is -3.31. The monoisotopic (exact) mass is 202 g/mol. The third-order valence-electron chi connectivity index (χ3n) is 1.94. The van der Waals surface area contributed by atoms with E-state index < -0.39 is 7.82 Å². The molecule has 2 aliphatic heterocycles. The van der Waals surface area contributed by atoms with Gasteiger partial charge < -0.3 is 0 Å². The molecule has 0 aromatic rings. The summed E-state index contributed by atoms with van der Waals surface area (Å²) in [5.41, 5.74) is 0. The molecule has 2 rings (SSSR count). The lowest BCUT2D eigenvalue weighted by Gasteiger charge is -2.29. The second-order valence-corrected chi connectivity index (χ2v) is 4.50. The maximum absolute atomic E-state index is 11.7. The van der Waals surface area contributed by atoms with Gasteiger partial charge >= 0.3 is 7.82 Å². The van der Waals surface area contributed by atoms with Crippen molar-refractivity contribution in [2.24, 2.45) is 0 Å². The van der Waals surface area contributed by atoms with Gasteiger partial charge in [0.1, 0.15) is 0 Å². The number of hydrogen-bond donors (Lipinski definition) is 0. The summed E-state index contributed by atoms with van der Waals surface area (Å²) in [5, 5.41) is 0. The van der Waals surface area contributed by atoms with E-state index in [0.717, 1.165) is 0 Å². The van der Waals surface area contributed by atoms with Gasteiger partial charge in [-0.2, -0.15) is 0 Å². The zero-order valence-corrected chi connectivity index (χ0v) is 7.98. The standard InChI is InChI=1S/C8H11O4P/c1-2-7-6-8-4-3-5-10-13(9,11-7)12-8/h2-4,7-8H,1,5-6H2/t7-,8-,13+/m1/s1. The fourth-order valence-corrected chi connectivity index (χ4v) is 2.76. The first-order chi connectivity index (χ1) is 6.22. The Kier molecular flexibility index (Phi) is 2.39. The molecule has 0 aromatic carbocycles. The van der Waals surface area contributed by atoms with Crippen molar-refractivity contribution in [3.63, 3.8) is 0 Å². The van der Waals surface area contributed by atoms with Gasteiger partial charge in [0.2, 0.25) is 0 Å². The van der Waals surface area contributed by atoms with Crippen molar-refractivity contribution in [3.8, 4) is 0 Å². The first-order valence-electron chi connectivity index (χ1n) is 4.12. The van der Waals surface area contributed by atoms with E-state index in [0.29, 0.717) is 6.42 Å². The summed E-state index contributed by atoms with van der Waals surface area (Å²) < 4.78 is 26.9. The van der Waals surface area contributed by atoms with Crippen LogP contribution < -0.4 is 0 Å². The highest BCUT2D eigenvalue weighted by molar-refractivity contribution is 7.48. The van der Waals surface area contributed by atoms with Crippen LogP contribution in [0.5, 0.6) is 0 Å². The first kappa shape index (κ1) is 9.16. The van der Waals surface area contributed by atoms with Gasteiger partial charge in [-0.25, -0.2) is 4.57 Å². The van der Waals surface area contributed by atoms with E-state index in [1.807, 2.05) is 6.08 Å². The fourth-order valence-electron chi connectivity index (χ4n) is 1.33. The smallest absolute Gasteiger partial charge is 0.283 e. The predicted octanol–water partition coefficient (Wildman–Crippen LogP) is 2.04. The summed E-state index contributed by atoms with van der Waals surface area (Å²) in [6, 6.07) is 0. The number of phosphoric acid groups is 1. The van der Waals surface area contributed by atoms with Crippen LogP contribution in [0.15, 0.2) is 24.8 Å². The van der Waals surface area contributed by atoms with Crippen LogP contribution in [0.25, 0.3) is 0 Å². The molecule has 0 saturated carbocycles. The van der Waals surface area contributed by atoms with Crippen molar-refractivity contribution in [1.29, 1.82) is 0 Å². The van der Waals surface area contributed by atoms with Gasteiger partial charge in [-0.15, -0.1) is 6.58 Å². The molecule has 5 heteroatoms. The van der Waals surface area contributed by atoms with Gasteiger partial charge in [0.25, 0.3) is 0 Å². The molecular formula is C8H11O4P. The average Bonchev–Trinajstić information content (AvgIpc) is 2.23. The molecule has 2 heterocycles. The minimum Gasteiger partial charge on any atom is -0.283 e. The van der Waals surface area contributed by atoms with Gasteiger partial charge in [0.15, 0.2) is 0 Å². The Morgan fingerprint density at radius 3 is 3.15 bits per heavy atom. The molecular weight excluding hydrogens is 191 g/mol. The zero-order chi connectivity index (χ0) is 9.31. The third-order valence-corrected chi connectivity index (χ3v) is 3.46. The van der Waals surface area contributed by atoms with E-state index in [9.17, 15) is 4.57 Å². The molecule has 2 aliphatic rings. The second kappa shape index (κ2) is 3.39. The third kappa shape index (κ3) is 1.92. The molecule has 0 unspecified atom stereocenters. The van der Waals surface area contributed by atoms with Gasteiger partial charge in [0, 0.05) is 6.42 Å². The second-order valence-electron chi connectivity index (χ2n) is 2.93. The van der Waals surface area contributed by atoms with Crippen LogP contribution in [0.1, 0.15) is 6.42 Å². The van der Waals surface area contributed by atoms with Crippen molar-refractivity contribution < 1.29 is 18.1 Å². The normalized spacial score (nSPS) is 44.0. The van der Waals surface area contributed by atoms with Crippen LogP contribution >= 0.6 is 7.82 Å². The lowest BCUT2D eigenvalue weighted by atomic mass is 10.1. The Morgan fingerprint density at radius 1 is 1.54 bits per heavy atom. The summed E-state index contributed by atoms with van der Waals surface area (Å²) >= 11 is 0. The summed E-state index contributed by atoms with van der Waals surface area (Å²) in [6.07, 6.45) is 5.48. The van der Waals surface area contributed by atoms with Gasteiger partial charge in [-0.1, -0.05) is 18.2 Å². The molecule has 1 saturated heterocycles. The van der Waals surface area contributed by atoms with Crippen molar-refractivity contribution in [2.45, 2.75) is 18.6 Å². The molecule has 0 radical (unpaired) electrons. The van der Waals surface area contributed by atoms with Crippen molar-refractivity contribution >= 4 is 7.82 Å². The SMILES string of the molecule is C=C[C@@H]1C[C@H]2C=CCO[P@@](=O)(O1)O2. The van der Waals surface area contributed by atoms with Crippen LogP contribution in [0.2, 0.25) is 0 Å². The largest absolute Gasteiger partial charge is 0.476 e. The van der Waals surface area contributed by atoms with Crippen molar-refractivity contribution in [2.75, 3.05) is 6.61 Å². The summed E-state index contributed by atoms with van der Waals surface area (Å²) in [4.78, 5) is 0. The average molecular weight is 202 g/mol. The molecule has 2 bridgehead atoms. The van der Waals surface area contributed by atoms with E-state index in [2.05, 4.69) is 6.58 Å². The van der Waals surface area contributed by atoms with Gasteiger partial charge in [-0.3, -0.25) is 13.6 Å². The van der Waals surface area contributed by atoms with Crippen LogP contribution in [0.3, 0.4) is 0 Å². The van der Waals surface area contributed by atoms with Crippen LogP contribution in [-0.4, -0.2) is 18.8 Å². The van der Waals surface area contributed by atoms with Crippen molar-refractivity contribution in [3.05, 3.63) is 24.8 Å². The Balaban J connectivity index is 2.22. The van der Waals surface area contributed by atoms with E-state index >= 15 is 0 Å². The maximum atomic E-state index is 11.7. The molecule has 1 fully saturated rings. The lowest BCUT2D eigenvalue weighted by molar-refractivity contribution is 0.0318. The number of phosphoric ester groups is 1. The minimum absolute atomic E-state index is 0.176. The topological polar surface area (TPSA) is 44.8 Å². The molecule has 0 spiro atoms. The predicted molar refractivity (Wildman–Crippen MR) is 47.3 cm³/mol. The highest BCUT2D eigenvalue weighted by atomic mass is 31.2. The first-order valence-corrected chi connectivity index (χ1v) is 5.58. The number of hydrogen-bond acceptors (Lipinski definition) is 4. The fraction of sp³-hybridized carbons (Fsp3) is 0.500. The maximum Gasteiger partial charge on any atom is 0.476 e. The minimum atomic E-state index is -3.31. The molecule has 4 nitrogen and oxygen atoms in total. The van der Waals surface area contributed by atoms with Crippen LogP contribution in [0, 0.1) is 0 Å². The van der Waals surface area contributed by atoms with Crippen molar-refractivity contribution in [1.82, 2.24) is 0 Å². The Hall–Kier alpha value is -0.410. The molecule has 0 amide bonds. The van der Waals surface area contributed by atoms with Crippen LogP contribution in [0.4, 0.5) is 0 Å². The molecule has 3 atom stereocenters. The van der Waals surface area contributed by atoms with E-state index in [-0.39, 0.29) is 18.8 Å². The van der Waals surface area contributed by atoms with E-state index in [4.69, 9.17) is 13.6 Å². The van der Waals surface area contributed by atoms with Gasteiger partial charge in [0.05, 0.1) is 18.8 Å². The Morgan fingerprint density at radius 2 is 2.38 bits per heavy atom. The Labute approximate surface area is 76.8 Å². The van der Waals surface area contributed by atoms with E-state index in [1.54, 1.807) is 12.2 Å². The molecule has 0 aliphatic carbocycles. The molecule has 0 aromatic heterocycles. The Bertz CT molecular complexity index is 286. The number of rotatable bonds is 1. The highest BCUT2D eigenvalue weighted by Gasteiger charge is 2.39.